The molecule has 1 heteroatoms. The van der Waals surface area contributed by atoms with Crippen molar-refractivity contribution in [3.05, 3.63) is 29.2 Å². The molecule has 11 heavy (non-hydrogen) atoms. The Labute approximate surface area is 71.3 Å². The van der Waals surface area contributed by atoms with Crippen LogP contribution in [0.15, 0.2) is 29.2 Å². The molecule has 0 fully saturated rings. The monoisotopic (exact) mass is 166 g/mol. The number of hydrogen-bond acceptors (Lipinski definition) is 0. The van der Waals surface area contributed by atoms with Crippen molar-refractivity contribution in [2.24, 2.45) is 0 Å². The van der Waals surface area contributed by atoms with Gasteiger partial charge in [-0.1, -0.05) is 31.4 Å². The zero-order chi connectivity index (χ0) is 9.07. The van der Waals surface area contributed by atoms with Crippen LogP contribution in [-0.2, 0) is 0 Å². The highest BCUT2D eigenvalue weighted by Gasteiger charge is 2.14. The Morgan fingerprint density at radius 3 is 2.00 bits per heavy atom. The van der Waals surface area contributed by atoms with Gasteiger partial charge in [0, 0.05) is 0 Å². The van der Waals surface area contributed by atoms with Crippen molar-refractivity contribution in [2.45, 2.75) is 33.5 Å². The summed E-state index contributed by atoms with van der Waals surface area (Å²) in [6.07, 6.45) is 2.03. The van der Waals surface area contributed by atoms with Gasteiger partial charge in [-0.15, -0.1) is 5.73 Å². The van der Waals surface area contributed by atoms with Gasteiger partial charge in [0.15, 0.2) is 0 Å². The van der Waals surface area contributed by atoms with Gasteiger partial charge in [-0.3, -0.25) is 0 Å². The van der Waals surface area contributed by atoms with E-state index in [2.05, 4.69) is 32.0 Å². The summed E-state index contributed by atoms with van der Waals surface area (Å²) in [7, 11) is -1.15. The average molecular weight is 166 g/mol. The van der Waals surface area contributed by atoms with Gasteiger partial charge in [0.25, 0.3) is 0 Å². The molecule has 0 radical (unpaired) electrons. The van der Waals surface area contributed by atoms with Gasteiger partial charge in [0.1, 0.15) is 0 Å². The van der Waals surface area contributed by atoms with Gasteiger partial charge < -0.3 is 0 Å². The van der Waals surface area contributed by atoms with Crippen molar-refractivity contribution in [2.75, 3.05) is 0 Å². The van der Waals surface area contributed by atoms with Crippen molar-refractivity contribution in [1.29, 1.82) is 0 Å². The summed E-state index contributed by atoms with van der Waals surface area (Å²) in [5, 5.41) is 1.26. The smallest absolute Gasteiger partial charge is 0.0776 e. The Morgan fingerprint density at radius 1 is 1.27 bits per heavy atom. The molecule has 0 spiro atoms. The molecule has 0 unspecified atom stereocenters. The van der Waals surface area contributed by atoms with Gasteiger partial charge in [0.2, 0.25) is 0 Å². The number of allylic oxidation sites excluding steroid dienone is 2. The molecule has 0 aliphatic heterocycles. The summed E-state index contributed by atoms with van der Waals surface area (Å²) in [4.78, 5) is 0. The maximum Gasteiger partial charge on any atom is 0.0776 e. The Hall–Kier alpha value is -0.523. The maximum atomic E-state index is 4.03. The van der Waals surface area contributed by atoms with E-state index < -0.39 is 8.07 Å². The van der Waals surface area contributed by atoms with Crippen molar-refractivity contribution in [3.63, 3.8) is 0 Å². The van der Waals surface area contributed by atoms with E-state index >= 15 is 0 Å². The highest BCUT2D eigenvalue weighted by Crippen LogP contribution is 2.12. The minimum Gasteiger partial charge on any atom is -0.122 e. The molecule has 0 aromatic carbocycles. The molecule has 0 saturated carbocycles. The lowest BCUT2D eigenvalue weighted by atomic mass is 10.4. The first-order valence-electron chi connectivity index (χ1n) is 3.93. The Morgan fingerprint density at radius 2 is 1.73 bits per heavy atom. The maximum absolute atomic E-state index is 4.03. The third kappa shape index (κ3) is 4.83. The molecule has 0 amide bonds. The van der Waals surface area contributed by atoms with E-state index in [1.807, 2.05) is 19.9 Å². The van der Waals surface area contributed by atoms with E-state index in [0.29, 0.717) is 0 Å². The second-order valence-electron chi connectivity index (χ2n) is 4.06. The van der Waals surface area contributed by atoms with Crippen LogP contribution >= 0.6 is 0 Å². The van der Waals surface area contributed by atoms with Crippen molar-refractivity contribution < 1.29 is 0 Å². The molecule has 0 aliphatic carbocycles. The summed E-state index contributed by atoms with van der Waals surface area (Å²) in [6, 6.07) is 0. The van der Waals surface area contributed by atoms with Crippen LogP contribution in [0.5, 0.6) is 0 Å². The van der Waals surface area contributed by atoms with Crippen LogP contribution in [0.2, 0.25) is 19.6 Å². The standard InChI is InChI=1S/C10H18Si/c1-9(2)7-8-10(3)11(4,5)6/h8H,3H2,1-2,4-6H3. The predicted octanol–water partition coefficient (Wildman–Crippen LogP) is 3.54. The van der Waals surface area contributed by atoms with E-state index in [-0.39, 0.29) is 0 Å². The second kappa shape index (κ2) is 3.75. The molecular weight excluding hydrogens is 148 g/mol. The van der Waals surface area contributed by atoms with Crippen LogP contribution in [-0.4, -0.2) is 8.07 Å². The number of rotatable bonds is 2. The molecule has 62 valence electrons. The van der Waals surface area contributed by atoms with Crippen LogP contribution in [0.25, 0.3) is 0 Å². The van der Waals surface area contributed by atoms with Crippen LogP contribution in [0.1, 0.15) is 13.8 Å². The van der Waals surface area contributed by atoms with Crippen molar-refractivity contribution in [3.8, 4) is 0 Å². The van der Waals surface area contributed by atoms with E-state index in [1.54, 1.807) is 0 Å². The predicted molar refractivity (Wildman–Crippen MR) is 55.4 cm³/mol. The molecule has 0 atom stereocenters. The zero-order valence-electron chi connectivity index (χ0n) is 8.28. The van der Waals surface area contributed by atoms with E-state index in [4.69, 9.17) is 0 Å². The first-order chi connectivity index (χ1) is 4.84. The SMILES string of the molecule is C=C(C=C=C(C)C)[Si](C)(C)C. The number of hydrogen-bond donors (Lipinski definition) is 0. The Balaban J connectivity index is 4.45. The highest BCUT2D eigenvalue weighted by atomic mass is 28.3. The van der Waals surface area contributed by atoms with Gasteiger partial charge in [-0.25, -0.2) is 0 Å². The van der Waals surface area contributed by atoms with Gasteiger partial charge in [-0.2, -0.15) is 0 Å². The van der Waals surface area contributed by atoms with E-state index in [1.165, 1.54) is 10.8 Å². The topological polar surface area (TPSA) is 0 Å². The average Bonchev–Trinajstić information content (AvgIpc) is 1.80. The van der Waals surface area contributed by atoms with E-state index in [0.717, 1.165) is 0 Å². The van der Waals surface area contributed by atoms with Crippen LogP contribution in [0.4, 0.5) is 0 Å². The van der Waals surface area contributed by atoms with Crippen LogP contribution in [0, 0.1) is 0 Å². The fraction of sp³-hybridized carbons (Fsp3) is 0.500. The largest absolute Gasteiger partial charge is 0.122 e. The molecule has 0 bridgehead atoms. The molecular formula is C10H18Si. The Kier molecular flexibility index (Phi) is 3.57. The molecule has 0 aromatic rings. The highest BCUT2D eigenvalue weighted by molar-refractivity contribution is 6.83. The summed E-state index contributed by atoms with van der Waals surface area (Å²) >= 11 is 0. The molecule has 0 rings (SSSR count). The first kappa shape index (κ1) is 10.5. The quantitative estimate of drug-likeness (QED) is 0.334. The third-order valence-electron chi connectivity index (χ3n) is 1.50. The molecule has 0 aliphatic rings. The molecule has 0 heterocycles. The molecule has 0 aromatic heterocycles. The summed E-state index contributed by atoms with van der Waals surface area (Å²) in [5.41, 5.74) is 4.39. The van der Waals surface area contributed by atoms with Gasteiger partial charge >= 0.3 is 0 Å². The lowest BCUT2D eigenvalue weighted by Crippen LogP contribution is -2.21. The second-order valence-corrected chi connectivity index (χ2v) is 9.21. The summed E-state index contributed by atoms with van der Waals surface area (Å²) in [6.45, 7) is 15.0. The van der Waals surface area contributed by atoms with Crippen molar-refractivity contribution >= 4 is 8.07 Å². The van der Waals surface area contributed by atoms with Crippen LogP contribution < -0.4 is 0 Å². The fourth-order valence-electron chi connectivity index (χ4n) is 0.448. The third-order valence-corrected chi connectivity index (χ3v) is 3.57. The lowest BCUT2D eigenvalue weighted by Gasteiger charge is -2.14. The summed E-state index contributed by atoms with van der Waals surface area (Å²) in [5.74, 6) is 0. The molecule has 0 saturated heterocycles. The minimum atomic E-state index is -1.15. The first-order valence-corrected chi connectivity index (χ1v) is 7.43. The normalized spacial score (nSPS) is 10.3. The molecule has 0 nitrogen and oxygen atoms in total. The van der Waals surface area contributed by atoms with Crippen molar-refractivity contribution in [1.82, 2.24) is 0 Å². The summed E-state index contributed by atoms with van der Waals surface area (Å²) < 4.78 is 0. The van der Waals surface area contributed by atoms with E-state index in [9.17, 15) is 0 Å². The zero-order valence-corrected chi connectivity index (χ0v) is 9.28. The van der Waals surface area contributed by atoms with Crippen LogP contribution in [0.3, 0.4) is 0 Å². The molecule has 0 N–H and O–H groups in total. The fourth-order valence-corrected chi connectivity index (χ4v) is 0.953. The van der Waals surface area contributed by atoms with Gasteiger partial charge in [-0.05, 0) is 25.5 Å². The Bertz CT molecular complexity index is 206. The lowest BCUT2D eigenvalue weighted by molar-refractivity contribution is 1.41. The van der Waals surface area contributed by atoms with Gasteiger partial charge in [0.05, 0.1) is 8.07 Å². The minimum absolute atomic E-state index is 1.15.